The number of hydrogen-bond acceptors (Lipinski definition) is 1. The number of halogens is 1. The van der Waals surface area contributed by atoms with Gasteiger partial charge in [-0.1, -0.05) is 58.8 Å². The van der Waals surface area contributed by atoms with Gasteiger partial charge < -0.3 is 4.74 Å². The predicted molar refractivity (Wildman–Crippen MR) is 62.8 cm³/mol. The van der Waals surface area contributed by atoms with Crippen LogP contribution < -0.4 is 0 Å². The summed E-state index contributed by atoms with van der Waals surface area (Å²) in [6.07, 6.45) is 3.45. The zero-order valence-corrected chi connectivity index (χ0v) is 9.45. The molecule has 1 rings (SSSR count). The lowest BCUT2D eigenvalue weighted by atomic mass is 10.2. The van der Waals surface area contributed by atoms with E-state index in [1.54, 1.807) is 0 Å². The molecule has 1 aromatic carbocycles. The first-order chi connectivity index (χ1) is 6.43. The molecule has 1 nitrogen and oxygen atoms in total. The summed E-state index contributed by atoms with van der Waals surface area (Å²) in [6.45, 7) is 0.711. The maximum atomic E-state index is 5.04. The summed E-state index contributed by atoms with van der Waals surface area (Å²) in [6, 6.07) is 10.2. The van der Waals surface area contributed by atoms with Gasteiger partial charge in [-0.3, -0.25) is 0 Å². The van der Waals surface area contributed by atoms with Gasteiger partial charge >= 0.3 is 0 Å². The highest BCUT2D eigenvalue weighted by molar-refractivity contribution is 14.1. The van der Waals surface area contributed by atoms with Crippen LogP contribution >= 0.6 is 22.6 Å². The molecule has 0 radical (unpaired) electrons. The molecule has 0 saturated heterocycles. The van der Waals surface area contributed by atoms with Crippen LogP contribution in [0.15, 0.2) is 30.3 Å². The number of hydrogen-bond donors (Lipinski definition) is 0. The van der Waals surface area contributed by atoms with Gasteiger partial charge in [-0.15, -0.1) is 0 Å². The van der Waals surface area contributed by atoms with Gasteiger partial charge in [0.2, 0.25) is 0 Å². The van der Waals surface area contributed by atoms with E-state index < -0.39 is 0 Å². The van der Waals surface area contributed by atoms with Crippen molar-refractivity contribution in [2.75, 3.05) is 11.0 Å². The van der Waals surface area contributed by atoms with E-state index in [1.165, 1.54) is 5.56 Å². The third-order valence-electron chi connectivity index (χ3n) is 1.46. The molecule has 0 spiro atoms. The van der Waals surface area contributed by atoms with Crippen LogP contribution in [0.3, 0.4) is 0 Å². The predicted octanol–water partition coefficient (Wildman–Crippen LogP) is 2.64. The van der Waals surface area contributed by atoms with Gasteiger partial charge in [-0.2, -0.15) is 0 Å². The molecule has 2 heteroatoms. The molecule has 0 unspecified atom stereocenters. The summed E-state index contributed by atoms with van der Waals surface area (Å²) in [5.41, 5.74) is 1.23. The van der Waals surface area contributed by atoms with Gasteiger partial charge in [0.25, 0.3) is 0 Å². The third kappa shape index (κ3) is 4.79. The largest absolute Gasteiger partial charge is 0.446 e. The van der Waals surface area contributed by atoms with E-state index in [0.29, 0.717) is 6.61 Å². The van der Waals surface area contributed by atoms with Crippen LogP contribution in [0.5, 0.6) is 0 Å². The van der Waals surface area contributed by atoms with Crippen molar-refractivity contribution in [1.29, 1.82) is 0 Å². The van der Waals surface area contributed by atoms with Gasteiger partial charge in [0.1, 0.15) is 12.7 Å². The fraction of sp³-hybridized carbons (Fsp3) is 0.273. The second kappa shape index (κ2) is 6.79. The second-order valence-corrected chi connectivity index (χ2v) is 3.56. The highest BCUT2D eigenvalue weighted by Gasteiger charge is 1.84. The van der Waals surface area contributed by atoms with E-state index in [1.807, 2.05) is 18.2 Å². The zero-order chi connectivity index (χ0) is 9.36. The molecule has 0 bridgehead atoms. The number of rotatable bonds is 3. The third-order valence-corrected chi connectivity index (χ3v) is 1.90. The standard InChI is InChI=1S/C11H11IO/c12-8-10-13-9-4-7-11-5-2-1-3-6-11/h1-3,5-6H,7-8,10H2. The van der Waals surface area contributed by atoms with Crippen molar-refractivity contribution < 1.29 is 4.74 Å². The molecular formula is C11H11IO. The Labute approximate surface area is 92.6 Å². The van der Waals surface area contributed by atoms with E-state index in [4.69, 9.17) is 4.74 Å². The molecule has 0 heterocycles. The van der Waals surface area contributed by atoms with Crippen LogP contribution in [0.1, 0.15) is 5.56 Å². The lowest BCUT2D eigenvalue weighted by Gasteiger charge is -1.92. The van der Waals surface area contributed by atoms with E-state index in [-0.39, 0.29) is 0 Å². The molecule has 13 heavy (non-hydrogen) atoms. The van der Waals surface area contributed by atoms with Crippen molar-refractivity contribution in [3.63, 3.8) is 0 Å². The minimum atomic E-state index is 0.711. The Bertz CT molecular complexity index is 284. The summed E-state index contributed by atoms with van der Waals surface area (Å²) in [5.74, 6) is 2.96. The molecule has 0 amide bonds. The van der Waals surface area contributed by atoms with Crippen molar-refractivity contribution in [2.45, 2.75) is 6.42 Å². The number of benzene rings is 1. The summed E-state index contributed by atoms with van der Waals surface area (Å²) in [7, 11) is 0. The van der Waals surface area contributed by atoms with Gasteiger partial charge in [-0.05, 0) is 5.56 Å². The Balaban J connectivity index is 2.29. The normalized spacial score (nSPS) is 8.69. The van der Waals surface area contributed by atoms with E-state index >= 15 is 0 Å². The summed E-state index contributed by atoms with van der Waals surface area (Å²) in [4.78, 5) is 0. The Hall–Kier alpha value is -0.690. The molecule has 1 aromatic rings. The Morgan fingerprint density at radius 3 is 2.69 bits per heavy atom. The molecular weight excluding hydrogens is 275 g/mol. The van der Waals surface area contributed by atoms with Crippen LogP contribution in [0.4, 0.5) is 0 Å². The van der Waals surface area contributed by atoms with E-state index in [0.717, 1.165) is 10.8 Å². The Kier molecular flexibility index (Phi) is 5.42. The summed E-state index contributed by atoms with van der Waals surface area (Å²) in [5, 5.41) is 0. The molecule has 0 fully saturated rings. The topological polar surface area (TPSA) is 9.23 Å². The van der Waals surface area contributed by atoms with Crippen molar-refractivity contribution in [2.24, 2.45) is 0 Å². The number of ether oxygens (including phenoxy) is 1. The Morgan fingerprint density at radius 2 is 2.00 bits per heavy atom. The van der Waals surface area contributed by atoms with Gasteiger partial charge in [0.15, 0.2) is 0 Å². The van der Waals surface area contributed by atoms with Crippen LogP contribution in [-0.4, -0.2) is 11.0 Å². The molecule has 0 aromatic heterocycles. The SMILES string of the molecule is ICCOC#CCc1ccccc1. The van der Waals surface area contributed by atoms with Crippen molar-refractivity contribution in [1.82, 2.24) is 0 Å². The molecule has 68 valence electrons. The monoisotopic (exact) mass is 286 g/mol. The minimum Gasteiger partial charge on any atom is -0.446 e. The van der Waals surface area contributed by atoms with E-state index in [2.05, 4.69) is 46.8 Å². The maximum absolute atomic E-state index is 5.04. The van der Waals surface area contributed by atoms with E-state index in [9.17, 15) is 0 Å². The summed E-state index contributed by atoms with van der Waals surface area (Å²) < 4.78 is 6.02. The van der Waals surface area contributed by atoms with Gasteiger partial charge in [0, 0.05) is 10.8 Å². The summed E-state index contributed by atoms with van der Waals surface area (Å²) >= 11 is 2.26. The first-order valence-corrected chi connectivity index (χ1v) is 5.65. The van der Waals surface area contributed by atoms with Gasteiger partial charge in [0.05, 0.1) is 0 Å². The van der Waals surface area contributed by atoms with Crippen LogP contribution in [0, 0.1) is 12.0 Å². The fourth-order valence-electron chi connectivity index (χ4n) is 0.875. The van der Waals surface area contributed by atoms with Crippen molar-refractivity contribution in [3.8, 4) is 12.0 Å². The van der Waals surface area contributed by atoms with Crippen LogP contribution in [-0.2, 0) is 11.2 Å². The average Bonchev–Trinajstić information content (AvgIpc) is 2.19. The molecule has 0 N–H and O–H groups in total. The smallest absolute Gasteiger partial charge is 0.110 e. The molecule has 0 atom stereocenters. The Morgan fingerprint density at radius 1 is 1.23 bits per heavy atom. The average molecular weight is 286 g/mol. The van der Waals surface area contributed by atoms with Gasteiger partial charge in [-0.25, -0.2) is 0 Å². The first kappa shape index (κ1) is 10.4. The lowest BCUT2D eigenvalue weighted by molar-refractivity contribution is 0.305. The van der Waals surface area contributed by atoms with Crippen molar-refractivity contribution in [3.05, 3.63) is 35.9 Å². The molecule has 0 aliphatic carbocycles. The number of alkyl halides is 1. The van der Waals surface area contributed by atoms with Crippen LogP contribution in [0.2, 0.25) is 0 Å². The highest BCUT2D eigenvalue weighted by Crippen LogP contribution is 1.97. The zero-order valence-electron chi connectivity index (χ0n) is 7.29. The fourth-order valence-corrected chi connectivity index (χ4v) is 1.09. The quantitative estimate of drug-likeness (QED) is 0.359. The molecule has 0 saturated carbocycles. The second-order valence-electron chi connectivity index (χ2n) is 2.48. The lowest BCUT2D eigenvalue weighted by Crippen LogP contribution is -1.87. The maximum Gasteiger partial charge on any atom is 0.110 e. The van der Waals surface area contributed by atoms with Crippen LogP contribution in [0.25, 0.3) is 0 Å². The molecule has 0 aliphatic heterocycles. The molecule has 0 aliphatic rings. The minimum absolute atomic E-state index is 0.711. The van der Waals surface area contributed by atoms with Crippen molar-refractivity contribution >= 4 is 22.6 Å². The highest BCUT2D eigenvalue weighted by atomic mass is 127. The first-order valence-electron chi connectivity index (χ1n) is 4.13.